The monoisotopic (exact) mass is 250 g/mol. The second-order valence-corrected chi connectivity index (χ2v) is 4.41. The number of aryl methyl sites for hydroxylation is 1. The van der Waals surface area contributed by atoms with Crippen molar-refractivity contribution in [3.05, 3.63) is 35.5 Å². The highest BCUT2D eigenvalue weighted by atomic mass is 31.0. The molecule has 1 aromatic heterocycles. The Bertz CT molecular complexity index is 550. The zero-order chi connectivity index (χ0) is 12.4. The van der Waals surface area contributed by atoms with E-state index in [-0.39, 0.29) is 0 Å². The fraction of sp³-hybridized carbons (Fsp3) is 0.250. The third-order valence-electron chi connectivity index (χ3n) is 2.93. The predicted molar refractivity (Wildman–Crippen MR) is 71.0 cm³/mol. The Morgan fingerprint density at radius 1 is 1.59 bits per heavy atom. The zero-order valence-corrected chi connectivity index (χ0v) is 10.7. The van der Waals surface area contributed by atoms with Crippen molar-refractivity contribution in [3.8, 4) is 0 Å². The van der Waals surface area contributed by atoms with Crippen LogP contribution in [-0.2, 0) is 11.2 Å². The van der Waals surface area contributed by atoms with Gasteiger partial charge in [-0.05, 0) is 18.1 Å². The van der Waals surface area contributed by atoms with Gasteiger partial charge in [-0.1, -0.05) is 27.6 Å². The van der Waals surface area contributed by atoms with Gasteiger partial charge in [-0.2, -0.15) is 0 Å². The SMILES string of the molecule is Cc1cccc2c(C[C@H](NP)C(=O)O)c[nH]c12. The lowest BCUT2D eigenvalue weighted by Crippen LogP contribution is -2.32. The molecule has 0 aliphatic rings. The summed E-state index contributed by atoms with van der Waals surface area (Å²) in [4.78, 5) is 14.2. The summed E-state index contributed by atoms with van der Waals surface area (Å²) in [5.74, 6) is -0.845. The first kappa shape index (κ1) is 12.1. The molecule has 90 valence electrons. The quantitative estimate of drug-likeness (QED) is 0.725. The van der Waals surface area contributed by atoms with E-state index in [2.05, 4.69) is 19.5 Å². The molecule has 0 amide bonds. The second-order valence-electron chi connectivity index (χ2n) is 4.07. The van der Waals surface area contributed by atoms with Crippen molar-refractivity contribution >= 4 is 26.3 Å². The van der Waals surface area contributed by atoms with Gasteiger partial charge >= 0.3 is 5.97 Å². The van der Waals surface area contributed by atoms with Crippen molar-refractivity contribution in [2.75, 3.05) is 0 Å². The lowest BCUT2D eigenvalue weighted by molar-refractivity contribution is -0.138. The predicted octanol–water partition coefficient (Wildman–Crippen LogP) is 1.85. The first-order valence-corrected chi connectivity index (χ1v) is 5.95. The van der Waals surface area contributed by atoms with Crippen LogP contribution in [0, 0.1) is 6.92 Å². The van der Waals surface area contributed by atoms with E-state index >= 15 is 0 Å². The summed E-state index contributed by atoms with van der Waals surface area (Å²) in [6, 6.07) is 5.44. The van der Waals surface area contributed by atoms with Crippen LogP contribution in [0.1, 0.15) is 11.1 Å². The van der Waals surface area contributed by atoms with Crippen molar-refractivity contribution in [3.63, 3.8) is 0 Å². The number of hydrogen-bond donors (Lipinski definition) is 3. The van der Waals surface area contributed by atoms with Crippen LogP contribution in [0.2, 0.25) is 0 Å². The molecule has 0 saturated carbocycles. The number of hydrogen-bond acceptors (Lipinski definition) is 2. The minimum absolute atomic E-state index is 0.461. The van der Waals surface area contributed by atoms with Gasteiger partial charge < -0.3 is 10.1 Å². The van der Waals surface area contributed by atoms with Crippen molar-refractivity contribution < 1.29 is 9.90 Å². The number of benzene rings is 1. The van der Waals surface area contributed by atoms with Crippen LogP contribution in [-0.4, -0.2) is 22.1 Å². The van der Waals surface area contributed by atoms with Crippen LogP contribution in [0.15, 0.2) is 24.4 Å². The molecule has 4 nitrogen and oxygen atoms in total. The van der Waals surface area contributed by atoms with E-state index in [4.69, 9.17) is 5.11 Å². The number of rotatable bonds is 4. The summed E-state index contributed by atoms with van der Waals surface area (Å²) in [6.07, 6.45) is 2.35. The van der Waals surface area contributed by atoms with Gasteiger partial charge in [0.15, 0.2) is 0 Å². The highest BCUT2D eigenvalue weighted by molar-refractivity contribution is 7.13. The summed E-state index contributed by atoms with van der Waals surface area (Å²) >= 11 is 0. The summed E-state index contributed by atoms with van der Waals surface area (Å²) in [5.41, 5.74) is 3.26. The lowest BCUT2D eigenvalue weighted by atomic mass is 10.0. The van der Waals surface area contributed by atoms with E-state index < -0.39 is 12.0 Å². The lowest BCUT2D eigenvalue weighted by Gasteiger charge is -2.09. The van der Waals surface area contributed by atoms with E-state index in [0.29, 0.717) is 6.42 Å². The average molecular weight is 250 g/mol. The number of H-pyrrole nitrogens is 1. The molecule has 5 heteroatoms. The maximum absolute atomic E-state index is 11.0. The van der Waals surface area contributed by atoms with Gasteiger partial charge in [0, 0.05) is 23.5 Å². The number of carboxylic acids is 1. The van der Waals surface area contributed by atoms with Gasteiger partial charge in [-0.3, -0.25) is 9.88 Å². The van der Waals surface area contributed by atoms with Crippen LogP contribution in [0.3, 0.4) is 0 Å². The average Bonchev–Trinajstić information content (AvgIpc) is 2.70. The fourth-order valence-electron chi connectivity index (χ4n) is 1.97. The summed E-state index contributed by atoms with van der Waals surface area (Å²) in [6.45, 7) is 2.03. The van der Waals surface area contributed by atoms with Crippen LogP contribution >= 0.6 is 9.39 Å². The Labute approximate surface area is 102 Å². The number of aromatic nitrogens is 1. The van der Waals surface area contributed by atoms with Crippen molar-refractivity contribution in [2.24, 2.45) is 0 Å². The molecule has 0 saturated heterocycles. The standard InChI is InChI=1S/C12H15N2O2P/c1-7-3-2-4-9-8(6-13-11(7)9)5-10(14-17)12(15)16/h2-4,6,10,13-14H,5,17H2,1H3,(H,15,16)/t10-/m0/s1. The summed E-state index contributed by atoms with van der Waals surface area (Å²) in [7, 11) is 2.26. The highest BCUT2D eigenvalue weighted by Crippen LogP contribution is 2.22. The Morgan fingerprint density at radius 2 is 2.35 bits per heavy atom. The van der Waals surface area contributed by atoms with Gasteiger partial charge in [0.1, 0.15) is 6.04 Å². The van der Waals surface area contributed by atoms with E-state index in [1.54, 1.807) is 0 Å². The number of fused-ring (bicyclic) bond motifs is 1. The topological polar surface area (TPSA) is 65.1 Å². The molecule has 0 aliphatic carbocycles. The van der Waals surface area contributed by atoms with Crippen molar-refractivity contribution in [1.82, 2.24) is 10.1 Å². The Balaban J connectivity index is 2.37. The molecule has 0 fully saturated rings. The molecule has 0 aliphatic heterocycles. The van der Waals surface area contributed by atoms with E-state index in [9.17, 15) is 4.79 Å². The molecule has 0 bridgehead atoms. The molecule has 0 spiro atoms. The second kappa shape index (κ2) is 4.86. The van der Waals surface area contributed by atoms with Gasteiger partial charge in [0.2, 0.25) is 0 Å². The van der Waals surface area contributed by atoms with E-state index in [0.717, 1.165) is 16.5 Å². The number of aromatic amines is 1. The Hall–Kier alpha value is -1.38. The Kier molecular flexibility index (Phi) is 3.46. The largest absolute Gasteiger partial charge is 0.480 e. The molecule has 1 heterocycles. The molecule has 17 heavy (non-hydrogen) atoms. The number of carbonyl (C=O) groups is 1. The first-order valence-electron chi connectivity index (χ1n) is 5.38. The number of aliphatic carboxylic acids is 1. The molecule has 2 atom stereocenters. The number of carboxylic acid groups (broad SMARTS) is 1. The zero-order valence-electron chi connectivity index (χ0n) is 9.53. The fourth-order valence-corrected chi connectivity index (χ4v) is 2.23. The van der Waals surface area contributed by atoms with Crippen LogP contribution in [0.4, 0.5) is 0 Å². The molecule has 2 aromatic rings. The molecular weight excluding hydrogens is 235 g/mol. The van der Waals surface area contributed by atoms with Crippen molar-refractivity contribution in [2.45, 2.75) is 19.4 Å². The van der Waals surface area contributed by atoms with E-state index in [1.807, 2.05) is 31.3 Å². The highest BCUT2D eigenvalue weighted by Gasteiger charge is 2.17. The molecule has 0 radical (unpaired) electrons. The van der Waals surface area contributed by atoms with Crippen molar-refractivity contribution in [1.29, 1.82) is 0 Å². The molecule has 1 aromatic carbocycles. The van der Waals surface area contributed by atoms with Crippen LogP contribution < -0.4 is 5.09 Å². The maximum Gasteiger partial charge on any atom is 0.321 e. The third kappa shape index (κ3) is 2.33. The van der Waals surface area contributed by atoms with Crippen LogP contribution in [0.5, 0.6) is 0 Å². The smallest absolute Gasteiger partial charge is 0.321 e. The molecular formula is C12H15N2O2P. The van der Waals surface area contributed by atoms with Gasteiger partial charge in [-0.15, -0.1) is 0 Å². The Morgan fingerprint density at radius 3 is 3.00 bits per heavy atom. The molecule has 3 N–H and O–H groups in total. The van der Waals surface area contributed by atoms with Crippen LogP contribution in [0.25, 0.3) is 10.9 Å². The minimum atomic E-state index is -0.845. The first-order chi connectivity index (χ1) is 8.13. The normalized spacial score (nSPS) is 12.8. The molecule has 1 unspecified atom stereocenters. The van der Waals surface area contributed by atoms with Gasteiger partial charge in [0.25, 0.3) is 0 Å². The minimum Gasteiger partial charge on any atom is -0.480 e. The number of nitrogens with one attached hydrogen (secondary N) is 2. The number of para-hydroxylation sites is 1. The van der Waals surface area contributed by atoms with Gasteiger partial charge in [0.05, 0.1) is 0 Å². The third-order valence-corrected chi connectivity index (χ3v) is 3.34. The maximum atomic E-state index is 11.0. The molecule has 2 rings (SSSR count). The van der Waals surface area contributed by atoms with Gasteiger partial charge in [-0.25, -0.2) is 0 Å². The summed E-state index contributed by atoms with van der Waals surface area (Å²) < 4.78 is 0. The summed E-state index contributed by atoms with van der Waals surface area (Å²) in [5, 5.41) is 12.8. The van der Waals surface area contributed by atoms with E-state index in [1.165, 1.54) is 5.56 Å².